The number of hydrogen-bond acceptors (Lipinski definition) is 5. The number of anilines is 1. The number of carbonyl (C=O) groups excluding carboxylic acids is 3. The second-order valence-electron chi connectivity index (χ2n) is 10.3. The second kappa shape index (κ2) is 7.99. The van der Waals surface area contributed by atoms with Crippen LogP contribution in [0.1, 0.15) is 53.5 Å². The molecule has 1 aromatic rings. The number of nitrogens with one attached hydrogen (secondary N) is 2. The minimum absolute atomic E-state index is 0.0530. The molecule has 1 aliphatic carbocycles. The number of halogens is 3. The van der Waals surface area contributed by atoms with Gasteiger partial charge in [0.15, 0.2) is 0 Å². The van der Waals surface area contributed by atoms with E-state index in [2.05, 4.69) is 15.6 Å². The molecule has 0 saturated heterocycles. The maximum atomic E-state index is 15.1. The molecule has 11 heteroatoms. The van der Waals surface area contributed by atoms with Crippen molar-refractivity contribution in [3.8, 4) is 0 Å². The van der Waals surface area contributed by atoms with E-state index in [0.29, 0.717) is 0 Å². The monoisotopic (exact) mass is 482 g/mol. The van der Waals surface area contributed by atoms with Crippen molar-refractivity contribution in [3.63, 3.8) is 0 Å². The van der Waals surface area contributed by atoms with E-state index in [4.69, 9.17) is 4.74 Å². The molecule has 0 aromatic heterocycles. The summed E-state index contributed by atoms with van der Waals surface area (Å²) in [4.78, 5) is 43.3. The third-order valence-electron chi connectivity index (χ3n) is 6.22. The fraction of sp³-hybridized carbons (Fsp3) is 0.565. The van der Waals surface area contributed by atoms with Gasteiger partial charge in [-0.15, -0.1) is 0 Å². The molecule has 1 aliphatic heterocycles. The lowest BCUT2D eigenvalue weighted by molar-refractivity contribution is -0.140. The smallest absolute Gasteiger partial charge is 0.414 e. The van der Waals surface area contributed by atoms with Crippen LogP contribution in [0.2, 0.25) is 0 Å². The number of carbonyl (C=O) groups is 3. The quantitative estimate of drug-likeness (QED) is 0.680. The first-order valence-electron chi connectivity index (χ1n) is 10.8. The number of hydrogen-bond donors (Lipinski definition) is 2. The van der Waals surface area contributed by atoms with E-state index in [-0.39, 0.29) is 17.2 Å². The van der Waals surface area contributed by atoms with Gasteiger partial charge in [-0.25, -0.2) is 23.0 Å². The van der Waals surface area contributed by atoms with E-state index in [9.17, 15) is 23.2 Å². The number of amides is 3. The molecule has 2 atom stereocenters. The Labute approximate surface area is 195 Å². The van der Waals surface area contributed by atoms with Crippen molar-refractivity contribution in [2.45, 2.75) is 65.0 Å². The molecule has 2 aliphatic rings. The van der Waals surface area contributed by atoms with Crippen LogP contribution in [0.25, 0.3) is 0 Å². The molecule has 3 amide bonds. The fourth-order valence-electron chi connectivity index (χ4n) is 3.76. The molecule has 1 aromatic carbocycles. The third-order valence-corrected chi connectivity index (χ3v) is 6.22. The zero-order valence-corrected chi connectivity index (χ0v) is 20.2. The predicted molar refractivity (Wildman–Crippen MR) is 119 cm³/mol. The van der Waals surface area contributed by atoms with Gasteiger partial charge in [0.05, 0.1) is 5.41 Å². The minimum Gasteiger partial charge on any atom is -0.444 e. The zero-order chi connectivity index (χ0) is 25.9. The third kappa shape index (κ3) is 4.60. The van der Waals surface area contributed by atoms with E-state index in [1.165, 1.54) is 26.1 Å². The number of aliphatic imine (C=N–C) groups is 1. The van der Waals surface area contributed by atoms with Gasteiger partial charge in [0.2, 0.25) is 17.8 Å². The topological polar surface area (TPSA) is 100 Å². The van der Waals surface area contributed by atoms with Crippen LogP contribution in [0.4, 0.5) is 23.7 Å². The molecule has 1 heterocycles. The van der Waals surface area contributed by atoms with Crippen molar-refractivity contribution in [1.82, 2.24) is 10.2 Å². The molecule has 1 saturated carbocycles. The zero-order valence-electron chi connectivity index (χ0n) is 20.2. The summed E-state index contributed by atoms with van der Waals surface area (Å²) in [6.07, 6.45) is -1.39. The number of rotatable bonds is 3. The van der Waals surface area contributed by atoms with Gasteiger partial charge in [-0.1, -0.05) is 0 Å². The fourth-order valence-corrected chi connectivity index (χ4v) is 3.76. The van der Waals surface area contributed by atoms with Gasteiger partial charge in [-0.2, -0.15) is 0 Å². The second-order valence-corrected chi connectivity index (χ2v) is 10.3. The van der Waals surface area contributed by atoms with Gasteiger partial charge in [0.1, 0.15) is 22.9 Å². The minimum atomic E-state index is -3.05. The highest BCUT2D eigenvalue weighted by Gasteiger charge is 2.61. The van der Waals surface area contributed by atoms with Crippen molar-refractivity contribution in [2.75, 3.05) is 12.4 Å². The average molecular weight is 483 g/mol. The summed E-state index contributed by atoms with van der Waals surface area (Å²) in [6.45, 7) is 9.69. The van der Waals surface area contributed by atoms with Crippen LogP contribution in [-0.2, 0) is 19.9 Å². The highest BCUT2D eigenvalue weighted by molar-refractivity contribution is 6.07. The highest BCUT2D eigenvalue weighted by atomic mass is 19.3. The number of benzene rings is 1. The molecular formula is C23H29F3N4O4. The maximum Gasteiger partial charge on any atom is 0.414 e. The first-order chi connectivity index (χ1) is 15.4. The van der Waals surface area contributed by atoms with Gasteiger partial charge in [0.25, 0.3) is 5.92 Å². The molecule has 34 heavy (non-hydrogen) atoms. The SMILES string of the molecule is CN1C(=O)C(C)(C)C(C)(c2cc(NC(=O)[C@H]3CC3(F)F)ccc2F)N=C1NC(=O)OC(C)(C)C. The molecule has 0 spiro atoms. The first kappa shape index (κ1) is 25.5. The Morgan fingerprint density at radius 2 is 1.76 bits per heavy atom. The first-order valence-corrected chi connectivity index (χ1v) is 10.8. The Kier molecular flexibility index (Phi) is 5.99. The maximum absolute atomic E-state index is 15.1. The number of nitrogens with zero attached hydrogens (tertiary/aromatic N) is 2. The molecule has 0 radical (unpaired) electrons. The Morgan fingerprint density at radius 1 is 1.18 bits per heavy atom. The van der Waals surface area contributed by atoms with E-state index < -0.39 is 58.5 Å². The molecule has 3 rings (SSSR count). The van der Waals surface area contributed by atoms with Crippen LogP contribution >= 0.6 is 0 Å². The molecule has 8 nitrogen and oxygen atoms in total. The molecule has 186 valence electrons. The van der Waals surface area contributed by atoms with Gasteiger partial charge in [-0.3, -0.25) is 19.8 Å². The Balaban J connectivity index is 2.01. The Morgan fingerprint density at radius 3 is 2.29 bits per heavy atom. The van der Waals surface area contributed by atoms with Crippen molar-refractivity contribution in [3.05, 3.63) is 29.6 Å². The van der Waals surface area contributed by atoms with Gasteiger partial charge in [0, 0.05) is 24.7 Å². The van der Waals surface area contributed by atoms with Crippen LogP contribution < -0.4 is 10.6 Å². The van der Waals surface area contributed by atoms with Crippen LogP contribution in [0.15, 0.2) is 23.2 Å². The lowest BCUT2D eigenvalue weighted by Crippen LogP contribution is -2.60. The largest absolute Gasteiger partial charge is 0.444 e. The van der Waals surface area contributed by atoms with E-state index in [1.54, 1.807) is 34.6 Å². The van der Waals surface area contributed by atoms with Gasteiger partial charge >= 0.3 is 6.09 Å². The van der Waals surface area contributed by atoms with Gasteiger partial charge in [-0.05, 0) is 59.7 Å². The molecule has 2 N–H and O–H groups in total. The normalized spacial score (nSPS) is 25.4. The Bertz CT molecular complexity index is 1080. The van der Waals surface area contributed by atoms with E-state index >= 15 is 4.39 Å². The number of guanidine groups is 1. The number of ether oxygens (including phenoxy) is 1. The van der Waals surface area contributed by atoms with E-state index in [1.807, 2.05) is 0 Å². The summed E-state index contributed by atoms with van der Waals surface area (Å²) in [5.41, 5.74) is -3.59. The summed E-state index contributed by atoms with van der Waals surface area (Å²) in [5, 5.41) is 4.82. The van der Waals surface area contributed by atoms with Crippen LogP contribution in [0.3, 0.4) is 0 Å². The van der Waals surface area contributed by atoms with E-state index in [0.717, 1.165) is 11.0 Å². The Hall–Kier alpha value is -3.11. The standard InChI is InChI=1S/C23H29F3N4O4/c1-20(2,3)34-19(33)28-18-29-22(6,21(4,5)17(32)30(18)7)13-10-12(8-9-15(13)24)27-16(31)14-11-23(14,25)26/h8-10,14H,11H2,1-7H3,(H,27,31)(H,28,29,33)/t14-,22?/m1/s1. The summed E-state index contributed by atoms with van der Waals surface area (Å²) < 4.78 is 46.8. The van der Waals surface area contributed by atoms with Crippen LogP contribution in [0, 0.1) is 17.2 Å². The molecular weight excluding hydrogens is 453 g/mol. The number of alkyl halides is 2. The molecule has 1 unspecified atom stereocenters. The lowest BCUT2D eigenvalue weighted by atomic mass is 9.67. The molecule has 1 fully saturated rings. The van der Waals surface area contributed by atoms with Crippen molar-refractivity contribution >= 4 is 29.6 Å². The van der Waals surface area contributed by atoms with Gasteiger partial charge < -0.3 is 10.1 Å². The average Bonchev–Trinajstić information content (AvgIpc) is 3.33. The lowest BCUT2D eigenvalue weighted by Gasteiger charge is -2.46. The summed E-state index contributed by atoms with van der Waals surface area (Å²) in [7, 11) is 1.42. The highest BCUT2D eigenvalue weighted by Crippen LogP contribution is 2.50. The van der Waals surface area contributed by atoms with Crippen molar-refractivity contribution in [1.29, 1.82) is 0 Å². The van der Waals surface area contributed by atoms with Crippen molar-refractivity contribution in [2.24, 2.45) is 16.3 Å². The number of alkyl carbamates (subject to hydrolysis) is 1. The summed E-state index contributed by atoms with van der Waals surface area (Å²) in [6, 6.07) is 3.58. The van der Waals surface area contributed by atoms with Crippen molar-refractivity contribution < 1.29 is 32.3 Å². The predicted octanol–water partition coefficient (Wildman–Crippen LogP) is 4.01. The summed E-state index contributed by atoms with van der Waals surface area (Å²) >= 11 is 0. The van der Waals surface area contributed by atoms with Crippen LogP contribution in [-0.4, -0.2) is 47.3 Å². The molecule has 0 bridgehead atoms. The van der Waals surface area contributed by atoms with Crippen LogP contribution in [0.5, 0.6) is 0 Å². The summed E-state index contributed by atoms with van der Waals surface area (Å²) in [5.74, 6) is -6.67.